The SMILES string of the molecule is CCN(C(C)COC)C(c1cccnc1)C(C)N. The fraction of sp³-hybridized carbons (Fsp3) is 0.643. The minimum atomic E-state index is 0.0495. The summed E-state index contributed by atoms with van der Waals surface area (Å²) in [4.78, 5) is 6.56. The van der Waals surface area contributed by atoms with Crippen LogP contribution in [0.1, 0.15) is 32.4 Å². The molecule has 0 spiro atoms. The summed E-state index contributed by atoms with van der Waals surface area (Å²) in [6, 6.07) is 4.60. The van der Waals surface area contributed by atoms with Gasteiger partial charge in [0.25, 0.3) is 0 Å². The molecule has 0 aliphatic heterocycles. The molecule has 0 radical (unpaired) electrons. The van der Waals surface area contributed by atoms with Crippen LogP contribution in [0.25, 0.3) is 0 Å². The molecule has 0 aromatic carbocycles. The number of pyridine rings is 1. The van der Waals surface area contributed by atoms with Gasteiger partial charge in [-0.3, -0.25) is 9.88 Å². The molecule has 4 heteroatoms. The van der Waals surface area contributed by atoms with Gasteiger partial charge < -0.3 is 10.5 Å². The fourth-order valence-electron chi connectivity index (χ4n) is 2.47. The molecule has 4 nitrogen and oxygen atoms in total. The third-order valence-electron chi connectivity index (χ3n) is 3.22. The molecule has 0 aliphatic rings. The molecule has 102 valence electrons. The van der Waals surface area contributed by atoms with Crippen molar-refractivity contribution < 1.29 is 4.74 Å². The predicted octanol–water partition coefficient (Wildman–Crippen LogP) is 1.83. The normalized spacial score (nSPS) is 16.6. The van der Waals surface area contributed by atoms with E-state index in [9.17, 15) is 0 Å². The number of hydrogen-bond donors (Lipinski definition) is 1. The van der Waals surface area contributed by atoms with Gasteiger partial charge in [-0.2, -0.15) is 0 Å². The lowest BCUT2D eigenvalue weighted by Gasteiger charge is -2.37. The number of nitrogens with zero attached hydrogens (tertiary/aromatic N) is 2. The third kappa shape index (κ3) is 3.77. The molecule has 0 fully saturated rings. The van der Waals surface area contributed by atoms with E-state index in [0.29, 0.717) is 12.6 Å². The largest absolute Gasteiger partial charge is 0.383 e. The van der Waals surface area contributed by atoms with Crippen LogP contribution in [0.2, 0.25) is 0 Å². The van der Waals surface area contributed by atoms with Crippen molar-refractivity contribution in [2.75, 3.05) is 20.3 Å². The van der Waals surface area contributed by atoms with Gasteiger partial charge in [-0.05, 0) is 32.0 Å². The van der Waals surface area contributed by atoms with Crippen LogP contribution < -0.4 is 5.73 Å². The molecule has 0 saturated carbocycles. The highest BCUT2D eigenvalue weighted by Crippen LogP contribution is 2.24. The van der Waals surface area contributed by atoms with Gasteiger partial charge in [0.1, 0.15) is 0 Å². The van der Waals surface area contributed by atoms with Crippen LogP contribution in [0.15, 0.2) is 24.5 Å². The van der Waals surface area contributed by atoms with E-state index >= 15 is 0 Å². The molecule has 0 amide bonds. The van der Waals surface area contributed by atoms with Crippen LogP contribution in [0.4, 0.5) is 0 Å². The van der Waals surface area contributed by atoms with Crippen LogP contribution in [0.3, 0.4) is 0 Å². The minimum absolute atomic E-state index is 0.0495. The molecule has 1 heterocycles. The maximum atomic E-state index is 6.17. The number of aromatic nitrogens is 1. The van der Waals surface area contributed by atoms with E-state index in [1.807, 2.05) is 19.2 Å². The second kappa shape index (κ2) is 7.46. The summed E-state index contributed by atoms with van der Waals surface area (Å²) in [5.74, 6) is 0. The summed E-state index contributed by atoms with van der Waals surface area (Å²) in [5.41, 5.74) is 7.33. The van der Waals surface area contributed by atoms with Crippen molar-refractivity contribution in [1.82, 2.24) is 9.88 Å². The van der Waals surface area contributed by atoms with Crippen molar-refractivity contribution in [2.45, 2.75) is 38.9 Å². The van der Waals surface area contributed by atoms with Crippen LogP contribution in [0.5, 0.6) is 0 Å². The zero-order valence-electron chi connectivity index (χ0n) is 11.8. The first kappa shape index (κ1) is 15.1. The Labute approximate surface area is 110 Å². The van der Waals surface area contributed by atoms with Gasteiger partial charge in [0.05, 0.1) is 12.6 Å². The van der Waals surface area contributed by atoms with Crippen molar-refractivity contribution in [3.05, 3.63) is 30.1 Å². The van der Waals surface area contributed by atoms with Crippen molar-refractivity contribution >= 4 is 0 Å². The average Bonchev–Trinajstić information content (AvgIpc) is 2.36. The van der Waals surface area contributed by atoms with Crippen molar-refractivity contribution in [3.63, 3.8) is 0 Å². The van der Waals surface area contributed by atoms with E-state index in [4.69, 9.17) is 10.5 Å². The van der Waals surface area contributed by atoms with Crippen molar-refractivity contribution in [1.29, 1.82) is 0 Å². The number of ether oxygens (including phenoxy) is 1. The summed E-state index contributed by atoms with van der Waals surface area (Å²) in [6.07, 6.45) is 3.69. The molecule has 1 aromatic rings. The molecule has 18 heavy (non-hydrogen) atoms. The molecule has 2 N–H and O–H groups in total. The lowest BCUT2D eigenvalue weighted by atomic mass is 9.99. The summed E-state index contributed by atoms with van der Waals surface area (Å²) in [5, 5.41) is 0. The van der Waals surface area contributed by atoms with E-state index < -0.39 is 0 Å². The lowest BCUT2D eigenvalue weighted by Crippen LogP contribution is -2.45. The molecular formula is C14H25N3O. The number of nitrogens with two attached hydrogens (primary N) is 1. The first-order valence-corrected chi connectivity index (χ1v) is 6.52. The lowest BCUT2D eigenvalue weighted by molar-refractivity contribution is 0.0653. The first-order valence-electron chi connectivity index (χ1n) is 6.52. The topological polar surface area (TPSA) is 51.4 Å². The fourth-order valence-corrected chi connectivity index (χ4v) is 2.47. The van der Waals surface area contributed by atoms with Gasteiger partial charge in [0, 0.05) is 31.6 Å². The highest BCUT2D eigenvalue weighted by atomic mass is 16.5. The Bertz CT molecular complexity index is 329. The number of hydrogen-bond acceptors (Lipinski definition) is 4. The summed E-state index contributed by atoms with van der Waals surface area (Å²) in [7, 11) is 1.73. The Kier molecular flexibility index (Phi) is 6.25. The van der Waals surface area contributed by atoms with Crippen molar-refractivity contribution in [2.24, 2.45) is 5.73 Å². The Balaban J connectivity index is 2.96. The second-order valence-electron chi connectivity index (χ2n) is 4.73. The molecule has 0 bridgehead atoms. The average molecular weight is 251 g/mol. The summed E-state index contributed by atoms with van der Waals surface area (Å²) < 4.78 is 5.25. The minimum Gasteiger partial charge on any atom is -0.383 e. The van der Waals surface area contributed by atoms with E-state index in [0.717, 1.165) is 12.1 Å². The Hall–Kier alpha value is -0.970. The Morgan fingerprint density at radius 2 is 2.17 bits per heavy atom. The van der Waals surface area contributed by atoms with Gasteiger partial charge in [-0.25, -0.2) is 0 Å². The molecule has 1 aromatic heterocycles. The molecule has 0 aliphatic carbocycles. The van der Waals surface area contributed by atoms with Gasteiger partial charge in [0.2, 0.25) is 0 Å². The summed E-state index contributed by atoms with van der Waals surface area (Å²) in [6.45, 7) is 8.00. The third-order valence-corrected chi connectivity index (χ3v) is 3.22. The van der Waals surface area contributed by atoms with E-state index in [1.54, 1.807) is 13.3 Å². The zero-order valence-corrected chi connectivity index (χ0v) is 11.8. The number of likely N-dealkylation sites (N-methyl/N-ethyl adjacent to an activating group) is 1. The highest BCUT2D eigenvalue weighted by molar-refractivity contribution is 5.16. The van der Waals surface area contributed by atoms with Crippen LogP contribution in [-0.4, -0.2) is 42.2 Å². The quantitative estimate of drug-likeness (QED) is 0.803. The van der Waals surface area contributed by atoms with E-state index in [2.05, 4.69) is 29.8 Å². The van der Waals surface area contributed by atoms with Gasteiger partial charge in [-0.1, -0.05) is 13.0 Å². The smallest absolute Gasteiger partial charge is 0.0615 e. The monoisotopic (exact) mass is 251 g/mol. The zero-order chi connectivity index (χ0) is 13.5. The van der Waals surface area contributed by atoms with Crippen LogP contribution >= 0.6 is 0 Å². The Morgan fingerprint density at radius 1 is 1.44 bits per heavy atom. The second-order valence-corrected chi connectivity index (χ2v) is 4.73. The maximum Gasteiger partial charge on any atom is 0.0615 e. The maximum absolute atomic E-state index is 6.17. The predicted molar refractivity (Wildman–Crippen MR) is 74.3 cm³/mol. The molecule has 0 saturated heterocycles. The van der Waals surface area contributed by atoms with Gasteiger partial charge >= 0.3 is 0 Å². The summed E-state index contributed by atoms with van der Waals surface area (Å²) >= 11 is 0. The Morgan fingerprint density at radius 3 is 2.61 bits per heavy atom. The highest BCUT2D eigenvalue weighted by Gasteiger charge is 2.26. The first-order chi connectivity index (χ1) is 8.61. The van der Waals surface area contributed by atoms with E-state index in [-0.39, 0.29) is 12.1 Å². The van der Waals surface area contributed by atoms with Crippen LogP contribution in [0, 0.1) is 0 Å². The van der Waals surface area contributed by atoms with Gasteiger partial charge in [-0.15, -0.1) is 0 Å². The molecule has 3 atom stereocenters. The molecule has 1 rings (SSSR count). The van der Waals surface area contributed by atoms with Crippen molar-refractivity contribution in [3.8, 4) is 0 Å². The number of methoxy groups -OCH3 is 1. The standard InChI is InChI=1S/C14H25N3O/c1-5-17(11(2)10-18-4)14(12(3)15)13-7-6-8-16-9-13/h6-9,11-12,14H,5,10,15H2,1-4H3. The van der Waals surface area contributed by atoms with Gasteiger partial charge in [0.15, 0.2) is 0 Å². The van der Waals surface area contributed by atoms with Crippen LogP contribution in [-0.2, 0) is 4.74 Å². The molecule has 3 unspecified atom stereocenters. The molecular weight excluding hydrogens is 226 g/mol. The number of rotatable bonds is 7. The van der Waals surface area contributed by atoms with E-state index in [1.165, 1.54) is 0 Å².